The Labute approximate surface area is 185 Å². The van der Waals surface area contributed by atoms with Crippen molar-refractivity contribution in [3.8, 4) is 0 Å². The summed E-state index contributed by atoms with van der Waals surface area (Å²) in [5.74, 6) is 0.618. The molecule has 2 aromatic rings. The molecule has 1 fully saturated rings. The van der Waals surface area contributed by atoms with E-state index in [-0.39, 0.29) is 11.9 Å². The average molecular weight is 424 g/mol. The first kappa shape index (κ1) is 22.8. The van der Waals surface area contributed by atoms with Gasteiger partial charge in [0, 0.05) is 24.8 Å². The highest BCUT2D eigenvalue weighted by molar-refractivity contribution is 5.94. The van der Waals surface area contributed by atoms with Gasteiger partial charge >= 0.3 is 6.09 Å². The van der Waals surface area contributed by atoms with Crippen molar-refractivity contribution < 1.29 is 14.3 Å². The Bertz CT molecular complexity index is 875. The number of nitrogens with zero attached hydrogens (tertiary/aromatic N) is 3. The third-order valence-corrected chi connectivity index (χ3v) is 5.28. The van der Waals surface area contributed by atoms with Gasteiger partial charge in [0.2, 0.25) is 0 Å². The summed E-state index contributed by atoms with van der Waals surface area (Å²) in [6.07, 6.45) is 5.18. The zero-order valence-corrected chi connectivity index (χ0v) is 19.0. The predicted octanol–water partition coefficient (Wildman–Crippen LogP) is 5.60. The van der Waals surface area contributed by atoms with Crippen LogP contribution in [0.25, 0.3) is 0 Å². The van der Waals surface area contributed by atoms with Gasteiger partial charge in [0.25, 0.3) is 5.91 Å². The Balaban J connectivity index is 1.81. The standard InChI is InChI=1S/C25H33N3O3/c1-5-16-28(24(30)31-25(2,3)4)22-15-14-20(18-26-22)21-13-9-10-17-27(21)23(29)19-11-7-6-8-12-19/h6-8,11-12,14-15,18,21H,5,9-10,13,16-17H2,1-4H3. The van der Waals surface area contributed by atoms with E-state index >= 15 is 0 Å². The van der Waals surface area contributed by atoms with E-state index < -0.39 is 11.7 Å². The van der Waals surface area contributed by atoms with Gasteiger partial charge in [-0.05, 0) is 70.2 Å². The average Bonchev–Trinajstić information content (AvgIpc) is 2.76. The summed E-state index contributed by atoms with van der Waals surface area (Å²) in [4.78, 5) is 33.8. The Hall–Kier alpha value is -2.89. The molecule has 1 aromatic carbocycles. The van der Waals surface area contributed by atoms with Crippen molar-refractivity contribution in [2.24, 2.45) is 0 Å². The molecule has 2 heterocycles. The molecule has 6 heteroatoms. The number of ether oxygens (including phenoxy) is 1. The lowest BCUT2D eigenvalue weighted by atomic mass is 9.95. The van der Waals surface area contributed by atoms with Gasteiger partial charge < -0.3 is 9.64 Å². The van der Waals surface area contributed by atoms with Crippen LogP contribution in [0.1, 0.15) is 75.3 Å². The molecule has 1 aliphatic rings. The number of piperidine rings is 1. The molecule has 1 atom stereocenters. The maximum atomic E-state index is 13.1. The van der Waals surface area contributed by atoms with Gasteiger partial charge in [-0.2, -0.15) is 0 Å². The van der Waals surface area contributed by atoms with Crippen LogP contribution in [0.15, 0.2) is 48.7 Å². The minimum atomic E-state index is -0.566. The summed E-state index contributed by atoms with van der Waals surface area (Å²) >= 11 is 0. The fraction of sp³-hybridized carbons (Fsp3) is 0.480. The zero-order valence-electron chi connectivity index (χ0n) is 19.0. The van der Waals surface area contributed by atoms with Crippen LogP contribution < -0.4 is 4.90 Å². The summed E-state index contributed by atoms with van der Waals surface area (Å²) in [7, 11) is 0. The van der Waals surface area contributed by atoms with Crippen molar-refractivity contribution in [2.45, 2.75) is 65.0 Å². The number of hydrogen-bond donors (Lipinski definition) is 0. The highest BCUT2D eigenvalue weighted by Gasteiger charge is 2.29. The molecule has 1 unspecified atom stereocenters. The largest absolute Gasteiger partial charge is 0.443 e. The molecular formula is C25H33N3O3. The van der Waals surface area contributed by atoms with Crippen molar-refractivity contribution in [2.75, 3.05) is 18.0 Å². The number of anilines is 1. The lowest BCUT2D eigenvalue weighted by Crippen LogP contribution is -2.39. The maximum absolute atomic E-state index is 13.1. The van der Waals surface area contributed by atoms with Crippen LogP contribution in [0, 0.1) is 0 Å². The van der Waals surface area contributed by atoms with Gasteiger partial charge in [0.15, 0.2) is 0 Å². The van der Waals surface area contributed by atoms with E-state index in [1.165, 1.54) is 0 Å². The second-order valence-corrected chi connectivity index (χ2v) is 8.96. The number of aromatic nitrogens is 1. The van der Waals surface area contributed by atoms with E-state index in [0.717, 1.165) is 37.8 Å². The molecule has 0 N–H and O–H groups in total. The summed E-state index contributed by atoms with van der Waals surface area (Å²) in [5.41, 5.74) is 1.13. The fourth-order valence-corrected chi connectivity index (χ4v) is 3.86. The van der Waals surface area contributed by atoms with Gasteiger partial charge in [-0.1, -0.05) is 31.2 Å². The van der Waals surface area contributed by atoms with Crippen LogP contribution in [0.5, 0.6) is 0 Å². The fourth-order valence-electron chi connectivity index (χ4n) is 3.86. The third-order valence-electron chi connectivity index (χ3n) is 5.28. The first-order valence-corrected chi connectivity index (χ1v) is 11.1. The van der Waals surface area contributed by atoms with E-state index in [4.69, 9.17) is 4.74 Å². The van der Waals surface area contributed by atoms with E-state index in [2.05, 4.69) is 4.98 Å². The van der Waals surface area contributed by atoms with Crippen LogP contribution in [0.3, 0.4) is 0 Å². The number of likely N-dealkylation sites (tertiary alicyclic amines) is 1. The Morgan fingerprint density at radius 2 is 1.87 bits per heavy atom. The van der Waals surface area contributed by atoms with Crippen LogP contribution >= 0.6 is 0 Å². The highest BCUT2D eigenvalue weighted by atomic mass is 16.6. The smallest absolute Gasteiger partial charge is 0.416 e. The van der Waals surface area contributed by atoms with Gasteiger partial charge in [-0.25, -0.2) is 9.78 Å². The SMILES string of the molecule is CCCN(C(=O)OC(C)(C)C)c1ccc(C2CCCCN2C(=O)c2ccccc2)cn1. The van der Waals surface area contributed by atoms with Crippen molar-refractivity contribution in [3.05, 3.63) is 59.8 Å². The Kier molecular flexibility index (Phi) is 7.31. The van der Waals surface area contributed by atoms with Crippen molar-refractivity contribution >= 4 is 17.8 Å². The molecule has 0 bridgehead atoms. The number of amides is 2. The quantitative estimate of drug-likeness (QED) is 0.628. The number of rotatable bonds is 5. The summed E-state index contributed by atoms with van der Waals surface area (Å²) in [5, 5.41) is 0. The molecule has 0 aliphatic carbocycles. The first-order valence-electron chi connectivity index (χ1n) is 11.1. The number of carbonyl (C=O) groups excluding carboxylic acids is 2. The normalized spacial score (nSPS) is 16.6. The van der Waals surface area contributed by atoms with Gasteiger partial charge in [-0.15, -0.1) is 0 Å². The topological polar surface area (TPSA) is 62.7 Å². The number of pyridine rings is 1. The van der Waals surface area contributed by atoms with Gasteiger partial charge in [0.05, 0.1) is 6.04 Å². The Morgan fingerprint density at radius 1 is 1.13 bits per heavy atom. The molecule has 0 radical (unpaired) electrons. The minimum absolute atomic E-state index is 0.0100. The number of benzene rings is 1. The number of hydrogen-bond acceptors (Lipinski definition) is 4. The van der Waals surface area contributed by atoms with Crippen molar-refractivity contribution in [1.82, 2.24) is 9.88 Å². The van der Waals surface area contributed by atoms with E-state index in [9.17, 15) is 9.59 Å². The summed E-state index contributed by atoms with van der Waals surface area (Å²) in [6.45, 7) is 8.84. The second-order valence-electron chi connectivity index (χ2n) is 8.96. The lowest BCUT2D eigenvalue weighted by molar-refractivity contribution is 0.0578. The first-order chi connectivity index (χ1) is 14.8. The van der Waals surface area contributed by atoms with E-state index in [1.807, 2.05) is 75.1 Å². The second kappa shape index (κ2) is 9.94. The molecule has 2 amide bonds. The molecular weight excluding hydrogens is 390 g/mol. The highest BCUT2D eigenvalue weighted by Crippen LogP contribution is 2.32. The molecule has 6 nitrogen and oxygen atoms in total. The van der Waals surface area contributed by atoms with E-state index in [0.29, 0.717) is 17.9 Å². The molecule has 31 heavy (non-hydrogen) atoms. The summed E-state index contributed by atoms with van der Waals surface area (Å²) in [6, 6.07) is 13.2. The van der Waals surface area contributed by atoms with Crippen molar-refractivity contribution in [3.63, 3.8) is 0 Å². The number of carbonyl (C=O) groups is 2. The molecule has 0 spiro atoms. The van der Waals surface area contributed by atoms with Gasteiger partial charge in [-0.3, -0.25) is 9.69 Å². The van der Waals surface area contributed by atoms with Crippen LogP contribution in [0.2, 0.25) is 0 Å². The molecule has 1 saturated heterocycles. The predicted molar refractivity (Wildman–Crippen MR) is 122 cm³/mol. The summed E-state index contributed by atoms with van der Waals surface area (Å²) < 4.78 is 5.54. The third kappa shape index (κ3) is 5.84. The van der Waals surface area contributed by atoms with E-state index in [1.54, 1.807) is 11.1 Å². The molecule has 0 saturated carbocycles. The van der Waals surface area contributed by atoms with Gasteiger partial charge in [0.1, 0.15) is 11.4 Å². The Morgan fingerprint density at radius 3 is 2.48 bits per heavy atom. The van der Waals surface area contributed by atoms with Crippen LogP contribution in [-0.2, 0) is 4.74 Å². The van der Waals surface area contributed by atoms with Crippen LogP contribution in [-0.4, -0.2) is 40.6 Å². The zero-order chi connectivity index (χ0) is 22.4. The van der Waals surface area contributed by atoms with Crippen LogP contribution in [0.4, 0.5) is 10.6 Å². The molecule has 3 rings (SSSR count). The monoisotopic (exact) mass is 423 g/mol. The molecule has 1 aromatic heterocycles. The molecule has 166 valence electrons. The molecule has 1 aliphatic heterocycles. The minimum Gasteiger partial charge on any atom is -0.443 e. The van der Waals surface area contributed by atoms with Crippen molar-refractivity contribution in [1.29, 1.82) is 0 Å². The lowest BCUT2D eigenvalue weighted by Gasteiger charge is -2.36. The maximum Gasteiger partial charge on any atom is 0.416 e.